The minimum Gasteiger partial charge on any atom is -0.292 e. The molecular weight excluding hydrogens is 619 g/mol. The number of halogens is 1. The predicted octanol–water partition coefficient (Wildman–Crippen LogP) is 8.05. The smallest absolute Gasteiger partial charge is 0.145 e. The monoisotopic (exact) mass is 638 g/mol. The summed E-state index contributed by atoms with van der Waals surface area (Å²) in [5, 5.41) is 19.1. The van der Waals surface area contributed by atoms with Gasteiger partial charge in [-0.25, -0.2) is 9.97 Å². The van der Waals surface area contributed by atoms with Gasteiger partial charge in [0.05, 0.1) is 45.3 Å². The highest BCUT2D eigenvalue weighted by Gasteiger charge is 2.19. The van der Waals surface area contributed by atoms with E-state index in [1.54, 1.807) is 12.1 Å². The summed E-state index contributed by atoms with van der Waals surface area (Å²) < 4.78 is 5.24. The number of aromatic nitrogens is 4. The number of fused-ring (bicyclic) bond motifs is 2. The minimum atomic E-state index is 0.586. The molecule has 7 heteroatoms. The van der Waals surface area contributed by atoms with Gasteiger partial charge in [0, 0.05) is 26.1 Å². The second-order valence-corrected chi connectivity index (χ2v) is 10.8. The van der Waals surface area contributed by atoms with E-state index in [0.717, 1.165) is 59.8 Å². The van der Waals surface area contributed by atoms with E-state index in [0.29, 0.717) is 11.1 Å². The van der Waals surface area contributed by atoms with Crippen molar-refractivity contribution in [3.05, 3.63) is 130 Å². The van der Waals surface area contributed by atoms with Crippen LogP contribution in [0.1, 0.15) is 11.1 Å². The van der Waals surface area contributed by atoms with Gasteiger partial charge < -0.3 is 0 Å². The van der Waals surface area contributed by atoms with Crippen LogP contribution in [0.2, 0.25) is 0 Å². The van der Waals surface area contributed by atoms with Gasteiger partial charge in [-0.05, 0) is 101 Å². The zero-order chi connectivity index (χ0) is 27.9. The molecule has 0 aliphatic heterocycles. The van der Waals surface area contributed by atoms with Crippen molar-refractivity contribution < 1.29 is 0 Å². The maximum atomic E-state index is 9.57. The molecule has 0 radical (unpaired) electrons. The average Bonchev–Trinajstić information content (AvgIpc) is 3.60. The molecule has 0 aliphatic carbocycles. The molecule has 0 aliphatic rings. The number of nitrogens with zero attached hydrogens (tertiary/aromatic N) is 6. The lowest BCUT2D eigenvalue weighted by atomic mass is 10.1. The molecule has 0 spiro atoms. The standard InChI is InChI=1S/C34H19IN6/c35-26-18-24(33-38-29-11-1-3-13-31(29)40(33)27-9-5-7-22(15-27)20-36)17-25(19-26)34-39-30-12-2-4-14-32(30)41(34)28-10-6-8-23(16-28)21-37/h1-19H. The van der Waals surface area contributed by atoms with Gasteiger partial charge in [0.1, 0.15) is 11.6 Å². The molecule has 2 aromatic heterocycles. The molecule has 7 rings (SSSR count). The molecule has 2 heterocycles. The number of para-hydroxylation sites is 4. The van der Waals surface area contributed by atoms with E-state index >= 15 is 0 Å². The van der Waals surface area contributed by atoms with E-state index in [1.165, 1.54) is 0 Å². The fraction of sp³-hybridized carbons (Fsp3) is 0. The van der Waals surface area contributed by atoms with Crippen molar-refractivity contribution in [3.8, 4) is 46.3 Å². The van der Waals surface area contributed by atoms with E-state index in [1.807, 2.05) is 84.9 Å². The Kier molecular flexibility index (Phi) is 6.07. The molecule has 5 aromatic carbocycles. The highest BCUT2D eigenvalue weighted by molar-refractivity contribution is 14.1. The van der Waals surface area contributed by atoms with Crippen molar-refractivity contribution in [2.45, 2.75) is 0 Å². The predicted molar refractivity (Wildman–Crippen MR) is 169 cm³/mol. The van der Waals surface area contributed by atoms with Crippen molar-refractivity contribution in [2.24, 2.45) is 0 Å². The van der Waals surface area contributed by atoms with E-state index in [4.69, 9.17) is 9.97 Å². The van der Waals surface area contributed by atoms with Crippen LogP contribution in [0.5, 0.6) is 0 Å². The summed E-state index contributed by atoms with van der Waals surface area (Å²) in [4.78, 5) is 10.1. The summed E-state index contributed by atoms with van der Waals surface area (Å²) >= 11 is 2.34. The van der Waals surface area contributed by atoms with Crippen LogP contribution in [-0.4, -0.2) is 19.1 Å². The molecule has 41 heavy (non-hydrogen) atoms. The van der Waals surface area contributed by atoms with Crippen LogP contribution in [0.4, 0.5) is 0 Å². The van der Waals surface area contributed by atoms with E-state index in [9.17, 15) is 10.5 Å². The van der Waals surface area contributed by atoms with Crippen molar-refractivity contribution in [1.29, 1.82) is 10.5 Å². The van der Waals surface area contributed by atoms with Gasteiger partial charge in [0.2, 0.25) is 0 Å². The summed E-state index contributed by atoms with van der Waals surface area (Å²) in [5.41, 5.74) is 8.41. The van der Waals surface area contributed by atoms with E-state index in [-0.39, 0.29) is 0 Å². The van der Waals surface area contributed by atoms with Gasteiger partial charge >= 0.3 is 0 Å². The Balaban J connectivity index is 1.49. The van der Waals surface area contributed by atoms with Crippen LogP contribution in [0.15, 0.2) is 115 Å². The summed E-state index contributed by atoms with van der Waals surface area (Å²) in [6.07, 6.45) is 0. The minimum absolute atomic E-state index is 0.586. The molecule has 0 saturated carbocycles. The highest BCUT2D eigenvalue weighted by Crippen LogP contribution is 2.35. The quantitative estimate of drug-likeness (QED) is 0.183. The summed E-state index contributed by atoms with van der Waals surface area (Å²) in [6.45, 7) is 0. The Bertz CT molecular complexity index is 2060. The Hall–Kier alpha value is -5.25. The van der Waals surface area contributed by atoms with Crippen molar-refractivity contribution in [1.82, 2.24) is 19.1 Å². The molecule has 0 amide bonds. The summed E-state index contributed by atoms with van der Waals surface area (Å²) in [5.74, 6) is 1.55. The molecular formula is C34H19IN6. The van der Waals surface area contributed by atoms with Crippen molar-refractivity contribution in [3.63, 3.8) is 0 Å². The third-order valence-electron chi connectivity index (χ3n) is 7.00. The first kappa shape index (κ1) is 24.8. The molecule has 0 saturated heterocycles. The first-order valence-electron chi connectivity index (χ1n) is 12.9. The van der Waals surface area contributed by atoms with Crippen LogP contribution in [0, 0.1) is 26.2 Å². The van der Waals surface area contributed by atoms with Crippen LogP contribution >= 0.6 is 22.6 Å². The largest absolute Gasteiger partial charge is 0.292 e. The first-order chi connectivity index (χ1) is 20.1. The molecule has 0 unspecified atom stereocenters. The maximum Gasteiger partial charge on any atom is 0.145 e. The van der Waals surface area contributed by atoms with Gasteiger partial charge in [-0.3, -0.25) is 9.13 Å². The van der Waals surface area contributed by atoms with Crippen LogP contribution in [0.25, 0.3) is 56.2 Å². The van der Waals surface area contributed by atoms with Crippen LogP contribution in [0.3, 0.4) is 0 Å². The Morgan fingerprint density at radius 3 is 1.46 bits per heavy atom. The second-order valence-electron chi connectivity index (χ2n) is 9.57. The lowest BCUT2D eigenvalue weighted by Gasteiger charge is -2.13. The number of hydrogen-bond donors (Lipinski definition) is 0. The van der Waals surface area contributed by atoms with Crippen molar-refractivity contribution in [2.75, 3.05) is 0 Å². The molecule has 7 aromatic rings. The fourth-order valence-corrected chi connectivity index (χ4v) is 5.91. The van der Waals surface area contributed by atoms with Crippen LogP contribution in [-0.2, 0) is 0 Å². The zero-order valence-corrected chi connectivity index (χ0v) is 23.7. The van der Waals surface area contributed by atoms with E-state index < -0.39 is 0 Å². The number of hydrogen-bond acceptors (Lipinski definition) is 4. The Labute approximate surface area is 249 Å². The Morgan fingerprint density at radius 2 is 1.00 bits per heavy atom. The van der Waals surface area contributed by atoms with E-state index in [2.05, 4.69) is 62.1 Å². The number of nitriles is 2. The summed E-state index contributed by atoms with van der Waals surface area (Å²) in [7, 11) is 0. The zero-order valence-electron chi connectivity index (χ0n) is 21.5. The molecule has 6 nitrogen and oxygen atoms in total. The lowest BCUT2D eigenvalue weighted by molar-refractivity contribution is 1.09. The molecule has 0 bridgehead atoms. The Morgan fingerprint density at radius 1 is 0.537 bits per heavy atom. The normalized spacial score (nSPS) is 11.0. The van der Waals surface area contributed by atoms with Gasteiger partial charge in [-0.2, -0.15) is 10.5 Å². The molecule has 0 N–H and O–H groups in total. The third kappa shape index (κ3) is 4.33. The summed E-state index contributed by atoms with van der Waals surface area (Å²) in [6, 6.07) is 42.0. The molecule has 192 valence electrons. The van der Waals surface area contributed by atoms with Crippen molar-refractivity contribution >= 4 is 44.7 Å². The molecule has 0 fully saturated rings. The fourth-order valence-electron chi connectivity index (χ4n) is 5.24. The van der Waals surface area contributed by atoms with Gasteiger partial charge in [-0.1, -0.05) is 36.4 Å². The maximum absolute atomic E-state index is 9.57. The lowest BCUT2D eigenvalue weighted by Crippen LogP contribution is -2.01. The number of rotatable bonds is 4. The topological polar surface area (TPSA) is 83.2 Å². The highest BCUT2D eigenvalue weighted by atomic mass is 127. The van der Waals surface area contributed by atoms with Gasteiger partial charge in [0.25, 0.3) is 0 Å². The first-order valence-corrected chi connectivity index (χ1v) is 14.0. The molecule has 0 atom stereocenters. The number of benzene rings is 5. The third-order valence-corrected chi connectivity index (χ3v) is 7.63. The number of imidazole rings is 2. The average molecular weight is 638 g/mol. The second kappa shape index (κ2) is 10.1. The van der Waals surface area contributed by atoms with Gasteiger partial charge in [0.15, 0.2) is 0 Å². The van der Waals surface area contributed by atoms with Gasteiger partial charge in [-0.15, -0.1) is 0 Å². The SMILES string of the molecule is N#Cc1cccc(-n2c(-c3cc(I)cc(-c4nc5ccccc5n4-c4cccc(C#N)c4)c3)nc3ccccc32)c1. The van der Waals surface area contributed by atoms with Crippen LogP contribution < -0.4 is 0 Å².